The zero-order chi connectivity index (χ0) is 13.3. The Balaban J connectivity index is 1.83. The number of hydrogen-bond acceptors (Lipinski definition) is 4. The number of anilines is 1. The van der Waals surface area contributed by atoms with E-state index in [0.717, 1.165) is 5.69 Å². The summed E-state index contributed by atoms with van der Waals surface area (Å²) in [5.74, 6) is 0.659. The summed E-state index contributed by atoms with van der Waals surface area (Å²) in [6, 6.07) is 0.405. The van der Waals surface area contributed by atoms with Gasteiger partial charge in [0.1, 0.15) is 18.2 Å². The first-order valence-corrected chi connectivity index (χ1v) is 5.72. The quantitative estimate of drug-likeness (QED) is 0.900. The second kappa shape index (κ2) is 4.72. The molecule has 100 valence electrons. The maximum Gasteiger partial charge on any atom is 0.403 e. The van der Waals surface area contributed by atoms with Gasteiger partial charge in [-0.25, -0.2) is 9.97 Å². The van der Waals surface area contributed by atoms with Crippen molar-refractivity contribution in [3.8, 4) is 0 Å². The number of halogens is 3. The van der Waals surface area contributed by atoms with Gasteiger partial charge in [-0.3, -0.25) is 4.90 Å². The Labute approximate surface area is 103 Å². The Morgan fingerprint density at radius 2 is 2.06 bits per heavy atom. The van der Waals surface area contributed by atoms with Crippen LogP contribution in [0.4, 0.5) is 19.0 Å². The van der Waals surface area contributed by atoms with E-state index in [-0.39, 0.29) is 6.04 Å². The number of aromatic nitrogens is 2. The molecule has 0 bridgehead atoms. The molecule has 1 aliphatic heterocycles. The Bertz CT molecular complexity index is 415. The van der Waals surface area contributed by atoms with Gasteiger partial charge < -0.3 is 5.32 Å². The molecule has 0 saturated carbocycles. The molecule has 1 atom stereocenters. The number of likely N-dealkylation sites (tertiary alicyclic amines) is 1. The average Bonchev–Trinajstić information content (AvgIpc) is 2.20. The first kappa shape index (κ1) is 13.1. The first-order chi connectivity index (χ1) is 8.36. The van der Waals surface area contributed by atoms with Gasteiger partial charge in [-0.15, -0.1) is 0 Å². The molecule has 1 N–H and O–H groups in total. The largest absolute Gasteiger partial charge is 0.403 e. The fourth-order valence-corrected chi connectivity index (χ4v) is 1.87. The lowest BCUT2D eigenvalue weighted by atomic mass is 10.1. The van der Waals surface area contributed by atoms with Crippen molar-refractivity contribution in [2.75, 3.05) is 18.4 Å². The lowest BCUT2D eigenvalue weighted by molar-refractivity contribution is -0.188. The van der Waals surface area contributed by atoms with Crippen LogP contribution in [0.1, 0.15) is 12.6 Å². The van der Waals surface area contributed by atoms with Crippen molar-refractivity contribution in [1.82, 2.24) is 14.9 Å². The molecule has 0 amide bonds. The van der Waals surface area contributed by atoms with Gasteiger partial charge in [0.05, 0.1) is 6.04 Å². The Morgan fingerprint density at radius 3 is 2.61 bits per heavy atom. The molecule has 1 fully saturated rings. The molecule has 2 rings (SSSR count). The fraction of sp³-hybridized carbons (Fsp3) is 0.636. The second-order valence-corrected chi connectivity index (χ2v) is 4.56. The van der Waals surface area contributed by atoms with E-state index in [4.69, 9.17) is 0 Å². The molecule has 0 radical (unpaired) electrons. The zero-order valence-corrected chi connectivity index (χ0v) is 10.2. The van der Waals surface area contributed by atoms with Crippen molar-refractivity contribution in [3.63, 3.8) is 0 Å². The van der Waals surface area contributed by atoms with Gasteiger partial charge in [0.25, 0.3) is 0 Å². The third-order valence-electron chi connectivity index (χ3n) is 3.09. The number of nitrogens with zero attached hydrogens (tertiary/aromatic N) is 3. The van der Waals surface area contributed by atoms with Crippen molar-refractivity contribution < 1.29 is 13.2 Å². The molecule has 1 aromatic rings. The predicted octanol–water partition coefficient (Wildman–Crippen LogP) is 1.83. The molecule has 1 aromatic heterocycles. The van der Waals surface area contributed by atoms with Crippen molar-refractivity contribution in [2.24, 2.45) is 0 Å². The molecule has 0 aliphatic carbocycles. The highest BCUT2D eigenvalue weighted by molar-refractivity contribution is 5.36. The van der Waals surface area contributed by atoms with Crippen molar-refractivity contribution >= 4 is 5.82 Å². The van der Waals surface area contributed by atoms with Crippen LogP contribution in [0.15, 0.2) is 12.4 Å². The van der Waals surface area contributed by atoms with Crippen LogP contribution in [0, 0.1) is 6.92 Å². The topological polar surface area (TPSA) is 41.0 Å². The Hall–Kier alpha value is -1.37. The molecule has 0 spiro atoms. The third-order valence-corrected chi connectivity index (χ3v) is 3.09. The van der Waals surface area contributed by atoms with Crippen LogP contribution in [0.2, 0.25) is 0 Å². The molecule has 18 heavy (non-hydrogen) atoms. The van der Waals surface area contributed by atoms with Crippen LogP contribution >= 0.6 is 0 Å². The molecular formula is C11H15F3N4. The number of alkyl halides is 3. The average molecular weight is 260 g/mol. The van der Waals surface area contributed by atoms with Crippen molar-refractivity contribution in [2.45, 2.75) is 32.1 Å². The summed E-state index contributed by atoms with van der Waals surface area (Å²) < 4.78 is 37.3. The highest BCUT2D eigenvalue weighted by Crippen LogP contribution is 2.28. The van der Waals surface area contributed by atoms with Gasteiger partial charge in [0, 0.05) is 24.8 Å². The second-order valence-electron chi connectivity index (χ2n) is 4.56. The van der Waals surface area contributed by atoms with Gasteiger partial charge in [-0.2, -0.15) is 13.2 Å². The smallest absolute Gasteiger partial charge is 0.365 e. The standard InChI is InChI=1S/C11H15F3N4/c1-7-3-10(16-6-15-7)17-9-4-18(5-9)8(2)11(12,13)14/h3,6,8-9H,4-5H2,1-2H3,(H,15,16,17)/t8-/m0/s1. The highest BCUT2D eigenvalue weighted by atomic mass is 19.4. The van der Waals surface area contributed by atoms with Crippen LogP contribution in [0.25, 0.3) is 0 Å². The van der Waals surface area contributed by atoms with Crippen LogP contribution < -0.4 is 5.32 Å². The molecule has 4 nitrogen and oxygen atoms in total. The van der Waals surface area contributed by atoms with E-state index < -0.39 is 12.2 Å². The minimum absolute atomic E-state index is 0.0177. The summed E-state index contributed by atoms with van der Waals surface area (Å²) in [5.41, 5.74) is 0.826. The molecular weight excluding hydrogens is 245 g/mol. The van der Waals surface area contributed by atoms with E-state index in [2.05, 4.69) is 15.3 Å². The summed E-state index contributed by atoms with van der Waals surface area (Å²) in [6.07, 6.45) is -2.72. The van der Waals surface area contributed by atoms with Gasteiger partial charge in [0.15, 0.2) is 0 Å². The molecule has 1 saturated heterocycles. The van der Waals surface area contributed by atoms with Crippen LogP contribution in [-0.4, -0.2) is 46.2 Å². The summed E-state index contributed by atoms with van der Waals surface area (Å²) >= 11 is 0. The van der Waals surface area contributed by atoms with Crippen LogP contribution in [0.5, 0.6) is 0 Å². The lowest BCUT2D eigenvalue weighted by Crippen LogP contribution is -2.61. The minimum Gasteiger partial charge on any atom is -0.365 e. The van der Waals surface area contributed by atoms with E-state index in [1.165, 1.54) is 18.2 Å². The third kappa shape index (κ3) is 2.90. The predicted molar refractivity (Wildman–Crippen MR) is 61.3 cm³/mol. The van der Waals surface area contributed by atoms with Gasteiger partial charge in [0.2, 0.25) is 0 Å². The number of rotatable bonds is 3. The lowest BCUT2D eigenvalue weighted by Gasteiger charge is -2.43. The summed E-state index contributed by atoms with van der Waals surface area (Å²) in [4.78, 5) is 9.37. The normalized spacial score (nSPS) is 19.4. The number of hydrogen-bond donors (Lipinski definition) is 1. The monoisotopic (exact) mass is 260 g/mol. The van der Waals surface area contributed by atoms with E-state index >= 15 is 0 Å². The molecule has 7 heteroatoms. The van der Waals surface area contributed by atoms with E-state index in [0.29, 0.717) is 18.9 Å². The van der Waals surface area contributed by atoms with E-state index in [9.17, 15) is 13.2 Å². The van der Waals surface area contributed by atoms with E-state index in [1.54, 1.807) is 6.07 Å². The molecule has 2 heterocycles. The van der Waals surface area contributed by atoms with Crippen molar-refractivity contribution in [3.05, 3.63) is 18.1 Å². The fourth-order valence-electron chi connectivity index (χ4n) is 1.87. The Kier molecular flexibility index (Phi) is 3.43. The SMILES string of the molecule is Cc1cc(NC2CN([C@@H](C)C(F)(F)F)C2)ncn1. The van der Waals surface area contributed by atoms with E-state index in [1.807, 2.05) is 6.92 Å². The highest BCUT2D eigenvalue weighted by Gasteiger charge is 2.44. The van der Waals surface area contributed by atoms with Crippen LogP contribution in [-0.2, 0) is 0 Å². The zero-order valence-electron chi connectivity index (χ0n) is 10.2. The number of aryl methyl sites for hydroxylation is 1. The summed E-state index contributed by atoms with van der Waals surface area (Å²) in [6.45, 7) is 3.78. The molecule has 0 aromatic carbocycles. The van der Waals surface area contributed by atoms with Gasteiger partial charge in [-0.05, 0) is 13.8 Å². The molecule has 0 unspecified atom stereocenters. The molecule has 1 aliphatic rings. The maximum atomic E-state index is 12.4. The summed E-state index contributed by atoms with van der Waals surface area (Å²) in [7, 11) is 0. The van der Waals surface area contributed by atoms with Gasteiger partial charge >= 0.3 is 6.18 Å². The Morgan fingerprint density at radius 1 is 1.39 bits per heavy atom. The van der Waals surface area contributed by atoms with Crippen LogP contribution in [0.3, 0.4) is 0 Å². The van der Waals surface area contributed by atoms with Crippen molar-refractivity contribution in [1.29, 1.82) is 0 Å². The summed E-state index contributed by atoms with van der Waals surface area (Å²) in [5, 5.41) is 3.10. The number of nitrogens with one attached hydrogen (secondary N) is 1. The van der Waals surface area contributed by atoms with Gasteiger partial charge in [-0.1, -0.05) is 0 Å². The first-order valence-electron chi connectivity index (χ1n) is 5.72. The minimum atomic E-state index is -4.16. The maximum absolute atomic E-state index is 12.4.